The van der Waals surface area contributed by atoms with E-state index >= 15 is 0 Å². The van der Waals surface area contributed by atoms with E-state index in [9.17, 15) is 19.2 Å². The number of carbonyl (C=O) groups excluding carboxylic acids is 3. The molecule has 2 rings (SSSR count). The topological polar surface area (TPSA) is 116 Å². The van der Waals surface area contributed by atoms with Crippen molar-refractivity contribution in [3.63, 3.8) is 0 Å². The van der Waals surface area contributed by atoms with E-state index in [4.69, 9.17) is 19.3 Å². The summed E-state index contributed by atoms with van der Waals surface area (Å²) >= 11 is 0. The van der Waals surface area contributed by atoms with Crippen LogP contribution in [0.25, 0.3) is 0 Å². The average molecular weight is 585 g/mol. The molecule has 0 heterocycles. The average Bonchev–Trinajstić information content (AvgIpc) is 3.00. The number of unbranched alkanes of at least 4 members (excludes halogenated alkanes) is 10. The van der Waals surface area contributed by atoms with E-state index in [1.165, 1.54) is 63.5 Å². The monoisotopic (exact) mass is 584 g/mol. The minimum absolute atomic E-state index is 0.0362. The van der Waals surface area contributed by atoms with Crippen LogP contribution in [0, 0.1) is 0 Å². The molecule has 0 saturated carbocycles. The van der Waals surface area contributed by atoms with Crippen LogP contribution in [-0.4, -0.2) is 48.8 Å². The highest BCUT2D eigenvalue weighted by Crippen LogP contribution is 2.14. The van der Waals surface area contributed by atoms with Crippen LogP contribution in [-0.2, 0) is 14.2 Å². The second-order valence-corrected chi connectivity index (χ2v) is 9.92. The highest BCUT2D eigenvalue weighted by atomic mass is 16.5. The van der Waals surface area contributed by atoms with Crippen molar-refractivity contribution < 1.29 is 38.5 Å². The first-order valence-electron chi connectivity index (χ1n) is 15.3. The molecule has 0 aliphatic heterocycles. The molecule has 0 amide bonds. The Labute approximate surface area is 250 Å². The standard InChI is InChI=1S/C24H38O4.C10H10O4/c1-3-5-7-9-11-15-19-27-23(25)21-17-13-14-18-22(21)24(26)28-20-16-12-10-8-6-4-2;1-2-14-10(13)8-6-4-3-5-7(8)9(11)12/h13-14,17-18H,3-12,15-16,19-20H2,1-2H3;3-6H,2H2,1H3,(H,11,12). The minimum atomic E-state index is -1.13. The molecule has 0 aliphatic rings. The van der Waals surface area contributed by atoms with E-state index in [2.05, 4.69) is 13.8 Å². The Balaban J connectivity index is 0.000000525. The lowest BCUT2D eigenvalue weighted by Gasteiger charge is -2.10. The van der Waals surface area contributed by atoms with Gasteiger partial charge in [-0.2, -0.15) is 0 Å². The number of benzene rings is 2. The summed E-state index contributed by atoms with van der Waals surface area (Å²) in [5.74, 6) is -2.62. The number of hydrogen-bond donors (Lipinski definition) is 1. The predicted octanol–water partition coefficient (Wildman–Crippen LogP) is 8.28. The van der Waals surface area contributed by atoms with Crippen molar-refractivity contribution in [3.05, 3.63) is 70.8 Å². The van der Waals surface area contributed by atoms with Gasteiger partial charge in [0, 0.05) is 0 Å². The van der Waals surface area contributed by atoms with Crippen LogP contribution in [0.3, 0.4) is 0 Å². The maximum atomic E-state index is 12.4. The second kappa shape index (κ2) is 22.9. The van der Waals surface area contributed by atoms with Gasteiger partial charge in [0.05, 0.1) is 42.1 Å². The van der Waals surface area contributed by atoms with Gasteiger partial charge in [0.1, 0.15) is 0 Å². The SMILES string of the molecule is CCCCCCCCOC(=O)c1ccccc1C(=O)OCCCCCCCC.CCOC(=O)c1ccccc1C(=O)O. The Kier molecular flexibility index (Phi) is 19.9. The van der Waals surface area contributed by atoms with Crippen molar-refractivity contribution in [1.82, 2.24) is 0 Å². The number of carboxylic acid groups (broad SMARTS) is 1. The van der Waals surface area contributed by atoms with E-state index in [1.54, 1.807) is 43.3 Å². The number of carboxylic acids is 1. The summed E-state index contributed by atoms with van der Waals surface area (Å²) < 4.78 is 15.4. The number of esters is 3. The summed E-state index contributed by atoms with van der Waals surface area (Å²) in [5.41, 5.74) is 0.635. The molecule has 0 radical (unpaired) electrons. The smallest absolute Gasteiger partial charge is 0.339 e. The molecule has 2 aromatic rings. The number of ether oxygens (including phenoxy) is 3. The Morgan fingerprint density at radius 3 is 1.21 bits per heavy atom. The second-order valence-electron chi connectivity index (χ2n) is 9.92. The van der Waals surface area contributed by atoms with Crippen molar-refractivity contribution in [2.45, 2.75) is 97.8 Å². The van der Waals surface area contributed by atoms with Gasteiger partial charge in [0.25, 0.3) is 0 Å². The highest BCUT2D eigenvalue weighted by molar-refractivity contribution is 6.03. The molecular weight excluding hydrogens is 536 g/mol. The fourth-order valence-electron chi connectivity index (χ4n) is 4.15. The molecule has 1 N–H and O–H groups in total. The van der Waals surface area contributed by atoms with Crippen LogP contribution in [0.2, 0.25) is 0 Å². The van der Waals surface area contributed by atoms with Crippen LogP contribution < -0.4 is 0 Å². The molecule has 0 aliphatic carbocycles. The van der Waals surface area contributed by atoms with Crippen molar-refractivity contribution >= 4 is 23.9 Å². The zero-order valence-electron chi connectivity index (χ0n) is 25.5. The third kappa shape index (κ3) is 14.8. The Bertz CT molecular complexity index is 1030. The van der Waals surface area contributed by atoms with Gasteiger partial charge in [0.2, 0.25) is 0 Å². The summed E-state index contributed by atoms with van der Waals surface area (Å²) in [5, 5.41) is 8.77. The molecule has 8 heteroatoms. The third-order valence-electron chi connectivity index (χ3n) is 6.48. The molecule has 8 nitrogen and oxygen atoms in total. The molecule has 0 saturated heterocycles. The van der Waals surface area contributed by atoms with E-state index in [0.717, 1.165) is 25.7 Å². The zero-order valence-corrected chi connectivity index (χ0v) is 25.5. The lowest BCUT2D eigenvalue weighted by atomic mass is 10.1. The van der Waals surface area contributed by atoms with Gasteiger partial charge in [-0.25, -0.2) is 19.2 Å². The Morgan fingerprint density at radius 1 is 0.500 bits per heavy atom. The van der Waals surface area contributed by atoms with Gasteiger partial charge in [-0.05, 0) is 44.0 Å². The first-order chi connectivity index (χ1) is 20.4. The molecule has 0 atom stereocenters. The van der Waals surface area contributed by atoms with Crippen LogP contribution in [0.4, 0.5) is 0 Å². The van der Waals surface area contributed by atoms with Crippen molar-refractivity contribution in [3.8, 4) is 0 Å². The molecule has 42 heavy (non-hydrogen) atoms. The summed E-state index contributed by atoms with van der Waals surface area (Å²) in [6, 6.07) is 12.7. The van der Waals surface area contributed by atoms with Crippen LogP contribution in [0.5, 0.6) is 0 Å². The summed E-state index contributed by atoms with van der Waals surface area (Å²) in [4.78, 5) is 46.7. The highest BCUT2D eigenvalue weighted by Gasteiger charge is 2.19. The van der Waals surface area contributed by atoms with Gasteiger partial charge in [-0.3, -0.25) is 0 Å². The van der Waals surface area contributed by atoms with E-state index in [0.29, 0.717) is 24.3 Å². The van der Waals surface area contributed by atoms with Crippen LogP contribution >= 0.6 is 0 Å². The molecule has 0 unspecified atom stereocenters. The minimum Gasteiger partial charge on any atom is -0.478 e. The molecule has 0 bridgehead atoms. The van der Waals surface area contributed by atoms with Crippen molar-refractivity contribution in [2.24, 2.45) is 0 Å². The molecule has 232 valence electrons. The maximum Gasteiger partial charge on any atom is 0.339 e. The lowest BCUT2D eigenvalue weighted by Crippen LogP contribution is -2.15. The first kappa shape index (κ1) is 36.3. The van der Waals surface area contributed by atoms with Gasteiger partial charge >= 0.3 is 23.9 Å². The van der Waals surface area contributed by atoms with Crippen molar-refractivity contribution in [2.75, 3.05) is 19.8 Å². The number of rotatable bonds is 19. The number of hydrogen-bond acceptors (Lipinski definition) is 7. The molecule has 0 aromatic heterocycles. The molecule has 0 fully saturated rings. The van der Waals surface area contributed by atoms with E-state index in [1.807, 2.05) is 0 Å². The van der Waals surface area contributed by atoms with Crippen molar-refractivity contribution in [1.29, 1.82) is 0 Å². The summed E-state index contributed by atoms with van der Waals surface area (Å²) in [6.45, 7) is 7.07. The summed E-state index contributed by atoms with van der Waals surface area (Å²) in [6.07, 6.45) is 13.6. The fourth-order valence-corrected chi connectivity index (χ4v) is 4.15. The van der Waals surface area contributed by atoms with Crippen LogP contribution in [0.15, 0.2) is 48.5 Å². The van der Waals surface area contributed by atoms with Gasteiger partial charge in [-0.15, -0.1) is 0 Å². The van der Waals surface area contributed by atoms with Gasteiger partial charge in [-0.1, -0.05) is 102 Å². The molecule has 2 aromatic carbocycles. The number of carbonyl (C=O) groups is 4. The Morgan fingerprint density at radius 2 is 0.833 bits per heavy atom. The van der Waals surface area contributed by atoms with Gasteiger partial charge < -0.3 is 19.3 Å². The summed E-state index contributed by atoms with van der Waals surface area (Å²) in [7, 11) is 0. The predicted molar refractivity (Wildman–Crippen MR) is 163 cm³/mol. The molecular formula is C34H48O8. The van der Waals surface area contributed by atoms with Gasteiger partial charge in [0.15, 0.2) is 0 Å². The Hall–Kier alpha value is -3.68. The lowest BCUT2D eigenvalue weighted by molar-refractivity contribution is 0.0450. The number of aromatic carboxylic acids is 1. The van der Waals surface area contributed by atoms with E-state index in [-0.39, 0.29) is 17.7 Å². The van der Waals surface area contributed by atoms with Crippen LogP contribution in [0.1, 0.15) is 139 Å². The fraction of sp³-hybridized carbons (Fsp3) is 0.529. The normalized spacial score (nSPS) is 10.3. The first-order valence-corrected chi connectivity index (χ1v) is 15.3. The maximum absolute atomic E-state index is 12.4. The molecule has 0 spiro atoms. The largest absolute Gasteiger partial charge is 0.478 e. The quantitative estimate of drug-likeness (QED) is 0.0996. The zero-order chi connectivity index (χ0) is 31.0. The third-order valence-corrected chi connectivity index (χ3v) is 6.48. The van der Waals surface area contributed by atoms with E-state index < -0.39 is 23.9 Å².